The molecule has 0 saturated carbocycles. The minimum absolute atomic E-state index is 0.710. The fraction of sp³-hybridized carbons (Fsp3) is 0.0714. The van der Waals surface area contributed by atoms with Gasteiger partial charge in [-0.3, -0.25) is 4.40 Å². The van der Waals surface area contributed by atoms with Crippen LogP contribution in [0.2, 0.25) is 0 Å². The van der Waals surface area contributed by atoms with E-state index in [4.69, 9.17) is 5.73 Å². The highest BCUT2D eigenvalue weighted by Gasteiger charge is 2.04. The Kier molecular flexibility index (Phi) is 2.80. The van der Waals surface area contributed by atoms with Gasteiger partial charge < -0.3 is 5.73 Å². The predicted molar refractivity (Wildman–Crippen MR) is 76.6 cm³/mol. The van der Waals surface area contributed by atoms with Crippen molar-refractivity contribution >= 4 is 27.4 Å². The van der Waals surface area contributed by atoms with Crippen LogP contribution in [0.3, 0.4) is 0 Å². The molecule has 3 rings (SSSR count). The van der Waals surface area contributed by atoms with E-state index in [1.165, 1.54) is 5.56 Å². The van der Waals surface area contributed by atoms with E-state index in [0.29, 0.717) is 5.82 Å². The molecule has 0 aliphatic carbocycles. The number of anilines is 1. The Balaban J connectivity index is 1.95. The molecule has 0 bridgehead atoms. The molecule has 1 aromatic carbocycles. The Labute approximate surface area is 113 Å². The topological polar surface area (TPSA) is 43.3 Å². The van der Waals surface area contributed by atoms with E-state index in [2.05, 4.69) is 33.0 Å². The smallest absolute Gasteiger partial charge is 0.138 e. The van der Waals surface area contributed by atoms with Crippen LogP contribution in [0, 0.1) is 0 Å². The monoisotopic (exact) mass is 301 g/mol. The first kappa shape index (κ1) is 11.3. The number of pyridine rings is 1. The van der Waals surface area contributed by atoms with Crippen molar-refractivity contribution in [1.29, 1.82) is 0 Å². The maximum atomic E-state index is 5.90. The van der Waals surface area contributed by atoms with E-state index in [-0.39, 0.29) is 0 Å². The van der Waals surface area contributed by atoms with Crippen molar-refractivity contribution < 1.29 is 0 Å². The SMILES string of the molecule is Nc1cccc2nc(Cc3ccc(Br)cc3)cn12. The van der Waals surface area contributed by atoms with Gasteiger partial charge in [0.15, 0.2) is 0 Å². The molecule has 4 heteroatoms. The van der Waals surface area contributed by atoms with Gasteiger partial charge in [-0.05, 0) is 29.8 Å². The molecule has 0 aliphatic heterocycles. The van der Waals surface area contributed by atoms with Gasteiger partial charge in [-0.15, -0.1) is 0 Å². The average molecular weight is 302 g/mol. The molecule has 0 fully saturated rings. The van der Waals surface area contributed by atoms with Crippen molar-refractivity contribution in [3.8, 4) is 0 Å². The van der Waals surface area contributed by atoms with Crippen LogP contribution in [0.15, 0.2) is 53.1 Å². The first-order chi connectivity index (χ1) is 8.72. The molecule has 3 aromatic rings. The highest BCUT2D eigenvalue weighted by molar-refractivity contribution is 9.10. The van der Waals surface area contributed by atoms with Crippen LogP contribution in [0.1, 0.15) is 11.3 Å². The lowest BCUT2D eigenvalue weighted by Gasteiger charge is -1.98. The van der Waals surface area contributed by atoms with Crippen molar-refractivity contribution in [2.75, 3.05) is 5.73 Å². The fourth-order valence-corrected chi connectivity index (χ4v) is 2.24. The molecule has 0 saturated heterocycles. The van der Waals surface area contributed by atoms with E-state index >= 15 is 0 Å². The number of aromatic nitrogens is 2. The number of rotatable bonds is 2. The lowest BCUT2D eigenvalue weighted by atomic mass is 10.1. The number of imidazole rings is 1. The van der Waals surface area contributed by atoms with Crippen LogP contribution in [-0.4, -0.2) is 9.38 Å². The number of hydrogen-bond donors (Lipinski definition) is 1. The van der Waals surface area contributed by atoms with E-state index in [1.54, 1.807) is 0 Å². The Morgan fingerprint density at radius 2 is 1.89 bits per heavy atom. The van der Waals surface area contributed by atoms with Crippen LogP contribution in [0.5, 0.6) is 0 Å². The number of nitrogens with two attached hydrogens (primary N) is 1. The quantitative estimate of drug-likeness (QED) is 0.789. The zero-order valence-electron chi connectivity index (χ0n) is 9.68. The summed E-state index contributed by atoms with van der Waals surface area (Å²) >= 11 is 3.43. The maximum Gasteiger partial charge on any atom is 0.138 e. The van der Waals surface area contributed by atoms with Crippen molar-refractivity contribution in [2.24, 2.45) is 0 Å². The standard InChI is InChI=1S/C14H12BrN3/c15-11-6-4-10(5-7-11)8-12-9-18-13(16)2-1-3-14(18)17-12/h1-7,9H,8,16H2. The summed E-state index contributed by atoms with van der Waals surface area (Å²) in [6.45, 7) is 0. The molecule has 3 nitrogen and oxygen atoms in total. The van der Waals surface area contributed by atoms with E-state index in [0.717, 1.165) is 22.2 Å². The highest BCUT2D eigenvalue weighted by atomic mass is 79.9. The second-order valence-electron chi connectivity index (χ2n) is 4.21. The molecular weight excluding hydrogens is 290 g/mol. The first-order valence-corrected chi connectivity index (χ1v) is 6.48. The largest absolute Gasteiger partial charge is 0.385 e. The minimum Gasteiger partial charge on any atom is -0.385 e. The van der Waals surface area contributed by atoms with Gasteiger partial charge in [-0.25, -0.2) is 4.98 Å². The fourth-order valence-electron chi connectivity index (χ4n) is 1.98. The Morgan fingerprint density at radius 1 is 1.11 bits per heavy atom. The molecule has 0 aliphatic rings. The Morgan fingerprint density at radius 3 is 2.61 bits per heavy atom. The summed E-state index contributed by atoms with van der Waals surface area (Å²) in [6.07, 6.45) is 2.81. The summed E-state index contributed by atoms with van der Waals surface area (Å²) < 4.78 is 3.00. The predicted octanol–water partition coefficient (Wildman–Crippen LogP) is 3.27. The molecule has 18 heavy (non-hydrogen) atoms. The number of nitrogens with zero attached hydrogens (tertiary/aromatic N) is 2. The third kappa shape index (κ3) is 2.11. The van der Waals surface area contributed by atoms with Gasteiger partial charge in [0, 0.05) is 17.1 Å². The molecule has 0 unspecified atom stereocenters. The Hall–Kier alpha value is -1.81. The van der Waals surface area contributed by atoms with Gasteiger partial charge in [0.2, 0.25) is 0 Å². The normalized spacial score (nSPS) is 10.9. The summed E-state index contributed by atoms with van der Waals surface area (Å²) in [4.78, 5) is 4.56. The second-order valence-corrected chi connectivity index (χ2v) is 5.13. The van der Waals surface area contributed by atoms with Crippen LogP contribution in [0.4, 0.5) is 5.82 Å². The molecule has 0 spiro atoms. The molecule has 90 valence electrons. The van der Waals surface area contributed by atoms with Gasteiger partial charge in [0.1, 0.15) is 11.5 Å². The lowest BCUT2D eigenvalue weighted by molar-refractivity contribution is 1.11. The molecule has 2 heterocycles. The molecular formula is C14H12BrN3. The van der Waals surface area contributed by atoms with Crippen molar-refractivity contribution in [3.05, 3.63) is 64.4 Å². The van der Waals surface area contributed by atoms with Gasteiger partial charge in [0.05, 0.1) is 5.69 Å². The zero-order chi connectivity index (χ0) is 12.5. The maximum absolute atomic E-state index is 5.90. The number of halogens is 1. The van der Waals surface area contributed by atoms with Crippen LogP contribution < -0.4 is 5.73 Å². The van der Waals surface area contributed by atoms with Gasteiger partial charge in [-0.1, -0.05) is 34.1 Å². The number of benzene rings is 1. The summed E-state index contributed by atoms with van der Waals surface area (Å²) in [5, 5.41) is 0. The first-order valence-electron chi connectivity index (χ1n) is 5.69. The molecule has 0 atom stereocenters. The third-order valence-corrected chi connectivity index (χ3v) is 3.40. The highest BCUT2D eigenvalue weighted by Crippen LogP contribution is 2.16. The van der Waals surface area contributed by atoms with E-state index in [9.17, 15) is 0 Å². The van der Waals surface area contributed by atoms with Crippen LogP contribution in [-0.2, 0) is 6.42 Å². The summed E-state index contributed by atoms with van der Waals surface area (Å²) in [7, 11) is 0. The van der Waals surface area contributed by atoms with Gasteiger partial charge in [0.25, 0.3) is 0 Å². The average Bonchev–Trinajstić information content (AvgIpc) is 2.76. The Bertz CT molecular complexity index is 686. The molecule has 2 N–H and O–H groups in total. The molecule has 2 aromatic heterocycles. The van der Waals surface area contributed by atoms with Crippen LogP contribution in [0.25, 0.3) is 5.65 Å². The lowest BCUT2D eigenvalue weighted by Crippen LogP contribution is -1.93. The second kappa shape index (κ2) is 4.46. The number of hydrogen-bond acceptors (Lipinski definition) is 2. The minimum atomic E-state index is 0.710. The van der Waals surface area contributed by atoms with Crippen LogP contribution >= 0.6 is 15.9 Å². The summed E-state index contributed by atoms with van der Waals surface area (Å²) in [5.74, 6) is 0.710. The third-order valence-electron chi connectivity index (χ3n) is 2.87. The van der Waals surface area contributed by atoms with Crippen molar-refractivity contribution in [3.63, 3.8) is 0 Å². The van der Waals surface area contributed by atoms with E-state index < -0.39 is 0 Å². The zero-order valence-corrected chi connectivity index (χ0v) is 11.3. The number of fused-ring (bicyclic) bond motifs is 1. The summed E-state index contributed by atoms with van der Waals surface area (Å²) in [5.41, 5.74) is 9.05. The van der Waals surface area contributed by atoms with Gasteiger partial charge >= 0.3 is 0 Å². The molecule has 0 amide bonds. The molecule has 0 radical (unpaired) electrons. The number of nitrogen functional groups attached to an aromatic ring is 1. The van der Waals surface area contributed by atoms with E-state index in [1.807, 2.05) is 40.9 Å². The summed E-state index contributed by atoms with van der Waals surface area (Å²) in [6, 6.07) is 14.0. The van der Waals surface area contributed by atoms with Gasteiger partial charge in [-0.2, -0.15) is 0 Å². The van der Waals surface area contributed by atoms with Crippen molar-refractivity contribution in [1.82, 2.24) is 9.38 Å². The van der Waals surface area contributed by atoms with Crippen molar-refractivity contribution in [2.45, 2.75) is 6.42 Å².